The highest BCUT2D eigenvalue weighted by Gasteiger charge is 2.27. The van der Waals surface area contributed by atoms with Gasteiger partial charge in [0.15, 0.2) is 0 Å². The molecule has 4 rings (SSSR count). The van der Waals surface area contributed by atoms with Gasteiger partial charge in [0.1, 0.15) is 12.4 Å². The van der Waals surface area contributed by atoms with Gasteiger partial charge in [-0.25, -0.2) is 4.39 Å². The third-order valence-corrected chi connectivity index (χ3v) is 7.79. The number of amides is 2. The highest BCUT2D eigenvalue weighted by molar-refractivity contribution is 5.97. The summed E-state index contributed by atoms with van der Waals surface area (Å²) < 4.78 is 54.5. The number of nitrogens with zero attached hydrogens (tertiary/aromatic N) is 2. The Hall–Kier alpha value is -4.40. The number of hydrogen-bond acceptors (Lipinski definition) is 4. The van der Waals surface area contributed by atoms with Gasteiger partial charge in [0, 0.05) is 55.8 Å². The van der Waals surface area contributed by atoms with E-state index in [9.17, 15) is 27.2 Å². The van der Waals surface area contributed by atoms with E-state index in [0.717, 1.165) is 46.5 Å². The number of alkyl halides is 3. The van der Waals surface area contributed by atoms with Gasteiger partial charge in [-0.05, 0) is 84.0 Å². The number of hydrogen-bond donors (Lipinski definition) is 1. The average Bonchev–Trinajstić information content (AvgIpc) is 3.25. The molecule has 0 aromatic heterocycles. The number of carbonyl (C=O) groups is 2. The third-order valence-electron chi connectivity index (χ3n) is 7.79. The first-order valence-electron chi connectivity index (χ1n) is 14.7. The van der Waals surface area contributed by atoms with Crippen molar-refractivity contribution in [2.45, 2.75) is 25.9 Å². The van der Waals surface area contributed by atoms with Gasteiger partial charge in [-0.2, -0.15) is 13.2 Å². The zero-order valence-corrected chi connectivity index (χ0v) is 25.4. The van der Waals surface area contributed by atoms with Crippen LogP contribution < -0.4 is 15.8 Å². The Balaban J connectivity index is 1.32. The molecule has 1 aliphatic heterocycles. The van der Waals surface area contributed by atoms with Crippen LogP contribution in [0, 0.1) is 18.7 Å². The standard InChI is InChI=1S/C35H37F4N3O3/c1-24-7-14-31(33(43)40-17-20-45-23-35(37,38)39)25(2)32(24)22-41(3)21-26-15-18-42(19-16-26)34(44)29-6-4-5-27(8-9-29)28-10-12-30(36)13-11-28/h5-14,22,26H,1,15-21,23H2,2-3H3,(H,40,43)/b32-22+. The van der Waals surface area contributed by atoms with E-state index in [-0.39, 0.29) is 24.9 Å². The molecule has 10 heteroatoms. The van der Waals surface area contributed by atoms with Crippen molar-refractivity contribution in [3.63, 3.8) is 0 Å². The second-order valence-corrected chi connectivity index (χ2v) is 11.2. The van der Waals surface area contributed by atoms with Gasteiger partial charge in [0.05, 0.1) is 6.61 Å². The lowest BCUT2D eigenvalue weighted by Gasteiger charge is -2.34. The molecule has 6 nitrogen and oxygen atoms in total. The number of ether oxygens (including phenoxy) is 1. The number of benzene rings is 2. The largest absolute Gasteiger partial charge is 0.411 e. The number of carbonyl (C=O) groups excluding carboxylic acids is 2. The number of halogens is 4. The Morgan fingerprint density at radius 1 is 1.11 bits per heavy atom. The lowest BCUT2D eigenvalue weighted by atomic mass is 9.95. The minimum atomic E-state index is -4.41. The molecule has 1 aliphatic carbocycles. The highest BCUT2D eigenvalue weighted by Crippen LogP contribution is 2.23. The Bertz CT molecular complexity index is 1630. The molecule has 0 spiro atoms. The Kier molecular flexibility index (Phi) is 11.2. The molecule has 0 atom stereocenters. The van der Waals surface area contributed by atoms with Crippen molar-refractivity contribution in [2.24, 2.45) is 5.92 Å². The molecule has 1 fully saturated rings. The van der Waals surface area contributed by atoms with Crippen molar-refractivity contribution in [2.75, 3.05) is 46.4 Å². The summed E-state index contributed by atoms with van der Waals surface area (Å²) in [5.74, 6) is -0.394. The van der Waals surface area contributed by atoms with E-state index in [1.165, 1.54) is 12.1 Å². The van der Waals surface area contributed by atoms with Crippen molar-refractivity contribution in [3.8, 4) is 0 Å². The van der Waals surface area contributed by atoms with Crippen LogP contribution in [0.2, 0.25) is 0 Å². The molecule has 1 saturated heterocycles. The molecule has 1 heterocycles. The number of nitrogens with one attached hydrogen (secondary N) is 1. The van der Waals surface area contributed by atoms with Gasteiger partial charge in [0.2, 0.25) is 0 Å². The molecule has 2 aliphatic rings. The fourth-order valence-electron chi connectivity index (χ4n) is 5.36. The summed E-state index contributed by atoms with van der Waals surface area (Å²) in [6, 6.07) is 9.58. The number of piperidine rings is 1. The Morgan fingerprint density at radius 2 is 1.82 bits per heavy atom. The third kappa shape index (κ3) is 9.54. The SMILES string of the molecule is C=c1ccc(C(=O)NCCOCC(F)(F)F)c(C)/c1=C/N(C)CC1CCN(C(=O)C2=CC=C(c3ccc(F)cc3)C=C=C2)CC1. The first-order valence-corrected chi connectivity index (χ1v) is 14.7. The molecule has 0 saturated carbocycles. The predicted octanol–water partition coefficient (Wildman–Crippen LogP) is 4.50. The molecule has 0 bridgehead atoms. The van der Waals surface area contributed by atoms with Crippen molar-refractivity contribution in [1.82, 2.24) is 15.1 Å². The van der Waals surface area contributed by atoms with Crippen LogP contribution in [0.3, 0.4) is 0 Å². The molecule has 45 heavy (non-hydrogen) atoms. The van der Waals surface area contributed by atoms with Crippen molar-refractivity contribution in [3.05, 3.63) is 105 Å². The molecule has 238 valence electrons. The van der Waals surface area contributed by atoms with Crippen LogP contribution in [-0.4, -0.2) is 74.2 Å². The summed E-state index contributed by atoms with van der Waals surface area (Å²) in [6.07, 6.45) is 6.30. The fourth-order valence-corrected chi connectivity index (χ4v) is 5.36. The number of allylic oxidation sites excluding steroid dienone is 3. The predicted molar refractivity (Wildman–Crippen MR) is 167 cm³/mol. The van der Waals surface area contributed by atoms with E-state index in [4.69, 9.17) is 0 Å². The van der Waals surface area contributed by atoms with Gasteiger partial charge in [-0.3, -0.25) is 9.59 Å². The van der Waals surface area contributed by atoms with Crippen LogP contribution in [0.1, 0.15) is 34.3 Å². The molecule has 0 unspecified atom stereocenters. The van der Waals surface area contributed by atoms with Crippen molar-refractivity contribution in [1.29, 1.82) is 0 Å². The summed E-state index contributed by atoms with van der Waals surface area (Å²) in [7, 11) is 1.96. The smallest absolute Gasteiger partial charge is 0.380 e. The minimum absolute atomic E-state index is 0.0430. The average molecular weight is 624 g/mol. The van der Waals surface area contributed by atoms with Crippen LogP contribution in [0.15, 0.2) is 72.0 Å². The Morgan fingerprint density at radius 3 is 2.51 bits per heavy atom. The molecule has 2 amide bonds. The lowest BCUT2D eigenvalue weighted by Crippen LogP contribution is -2.41. The van der Waals surface area contributed by atoms with Gasteiger partial charge >= 0.3 is 6.18 Å². The number of likely N-dealkylation sites (tertiary alicyclic amines) is 1. The van der Waals surface area contributed by atoms with Crippen molar-refractivity contribution >= 4 is 30.2 Å². The highest BCUT2D eigenvalue weighted by atomic mass is 19.4. The zero-order chi connectivity index (χ0) is 32.6. The maximum atomic E-state index is 13.3. The van der Waals surface area contributed by atoms with Crippen molar-refractivity contribution < 1.29 is 31.9 Å². The second kappa shape index (κ2) is 15.1. The maximum absolute atomic E-state index is 13.3. The van der Waals surface area contributed by atoms with Crippen LogP contribution in [0.5, 0.6) is 0 Å². The van der Waals surface area contributed by atoms with Crippen LogP contribution in [0.4, 0.5) is 17.6 Å². The summed E-state index contributed by atoms with van der Waals surface area (Å²) in [6.45, 7) is 6.28. The van der Waals surface area contributed by atoms with E-state index in [1.807, 2.05) is 31.1 Å². The zero-order valence-electron chi connectivity index (χ0n) is 25.4. The second-order valence-electron chi connectivity index (χ2n) is 11.2. The van der Waals surface area contributed by atoms with E-state index >= 15 is 0 Å². The normalized spacial score (nSPS) is 15.9. The summed E-state index contributed by atoms with van der Waals surface area (Å²) in [5, 5.41) is 4.16. The van der Waals surface area contributed by atoms with E-state index in [1.54, 1.807) is 42.5 Å². The number of rotatable bonds is 10. The van der Waals surface area contributed by atoms with Gasteiger partial charge in [0.25, 0.3) is 11.8 Å². The first-order chi connectivity index (χ1) is 21.4. The summed E-state index contributed by atoms with van der Waals surface area (Å²) in [5.41, 5.74) is 6.43. The Labute approximate surface area is 260 Å². The van der Waals surface area contributed by atoms with E-state index in [2.05, 4.69) is 27.3 Å². The monoisotopic (exact) mass is 623 g/mol. The molecule has 2 aromatic rings. The van der Waals surface area contributed by atoms with Crippen LogP contribution >= 0.6 is 0 Å². The first kappa shape index (κ1) is 33.5. The molecule has 2 aromatic carbocycles. The summed E-state index contributed by atoms with van der Waals surface area (Å²) >= 11 is 0. The van der Waals surface area contributed by atoms with E-state index < -0.39 is 18.7 Å². The van der Waals surface area contributed by atoms with E-state index in [0.29, 0.717) is 30.1 Å². The lowest BCUT2D eigenvalue weighted by molar-refractivity contribution is -0.173. The molecule has 1 N–H and O–H groups in total. The fraction of sp³-hybridized carbons (Fsp3) is 0.343. The minimum Gasteiger partial charge on any atom is -0.380 e. The van der Waals surface area contributed by atoms with Gasteiger partial charge < -0.3 is 19.9 Å². The van der Waals surface area contributed by atoms with Gasteiger partial charge in [-0.15, -0.1) is 5.73 Å². The maximum Gasteiger partial charge on any atom is 0.411 e. The molecular weight excluding hydrogens is 586 g/mol. The quantitative estimate of drug-likeness (QED) is 0.241. The van der Waals surface area contributed by atoms with Gasteiger partial charge in [-0.1, -0.05) is 30.9 Å². The van der Waals surface area contributed by atoms with Crippen LogP contribution in [0.25, 0.3) is 18.4 Å². The molecule has 0 radical (unpaired) electrons. The topological polar surface area (TPSA) is 61.9 Å². The van der Waals surface area contributed by atoms with Crippen LogP contribution in [-0.2, 0) is 9.53 Å². The molecular formula is C35H37F4N3O3. The summed E-state index contributed by atoms with van der Waals surface area (Å²) in [4.78, 5) is 29.9.